The van der Waals surface area contributed by atoms with E-state index in [1.165, 1.54) is 20.3 Å². The third-order valence-corrected chi connectivity index (χ3v) is 5.98. The van der Waals surface area contributed by atoms with Gasteiger partial charge in [0, 0.05) is 5.57 Å². The normalized spacial score (nSPS) is 17.2. The molecule has 2 aliphatic rings. The minimum Gasteiger partial charge on any atom is -0.493 e. The Morgan fingerprint density at radius 3 is 2.34 bits per heavy atom. The predicted molar refractivity (Wildman–Crippen MR) is 139 cm³/mol. The van der Waals surface area contributed by atoms with E-state index in [1.807, 2.05) is 51.1 Å². The molecule has 0 aromatic heterocycles. The zero-order chi connectivity index (χ0) is 27.4. The molecule has 0 saturated heterocycles. The minimum atomic E-state index is -0.767. The van der Waals surface area contributed by atoms with E-state index in [4.69, 9.17) is 23.7 Å². The molecule has 38 heavy (non-hydrogen) atoms. The van der Waals surface area contributed by atoms with Crippen molar-refractivity contribution in [3.05, 3.63) is 99.7 Å². The summed E-state index contributed by atoms with van der Waals surface area (Å²) in [5.74, 6) is -1.20. The molecule has 2 aromatic carbocycles. The van der Waals surface area contributed by atoms with Crippen molar-refractivity contribution in [3.8, 4) is 5.75 Å². The fourth-order valence-electron chi connectivity index (χ4n) is 4.11. The van der Waals surface area contributed by atoms with Crippen LogP contribution in [0.4, 0.5) is 0 Å². The first kappa shape index (κ1) is 26.9. The summed E-state index contributed by atoms with van der Waals surface area (Å²) in [6, 6.07) is 12.4. The van der Waals surface area contributed by atoms with Crippen LogP contribution in [0.3, 0.4) is 0 Å². The number of esters is 1. The number of benzene rings is 2. The number of Topliss-reactive ketones (excluding diaryl/α,β-unsaturated/α-hetero) is 2. The Hall–Kier alpha value is -4.17. The van der Waals surface area contributed by atoms with Crippen molar-refractivity contribution in [1.82, 2.24) is 0 Å². The van der Waals surface area contributed by atoms with E-state index in [2.05, 4.69) is 0 Å². The lowest BCUT2D eigenvalue weighted by atomic mass is 9.89. The molecule has 0 unspecified atom stereocenters. The molecule has 0 radical (unpaired) electrons. The van der Waals surface area contributed by atoms with E-state index in [0.29, 0.717) is 35.5 Å². The lowest BCUT2D eigenvalue weighted by molar-refractivity contribution is -0.114. The van der Waals surface area contributed by atoms with Gasteiger partial charge < -0.3 is 23.7 Å². The van der Waals surface area contributed by atoms with Crippen LogP contribution in [0.2, 0.25) is 0 Å². The molecule has 0 fully saturated rings. The molecular formula is C30H30O8. The van der Waals surface area contributed by atoms with Crippen LogP contribution in [-0.2, 0) is 30.2 Å². The average molecular weight is 519 g/mol. The molecule has 0 spiro atoms. The number of fused-ring (bicyclic) bond motifs is 1. The van der Waals surface area contributed by atoms with Gasteiger partial charge in [-0.25, -0.2) is 4.79 Å². The van der Waals surface area contributed by atoms with Crippen molar-refractivity contribution in [3.63, 3.8) is 0 Å². The van der Waals surface area contributed by atoms with Crippen LogP contribution in [0.25, 0.3) is 0 Å². The van der Waals surface area contributed by atoms with Crippen molar-refractivity contribution < 1.29 is 38.1 Å². The first-order valence-electron chi connectivity index (χ1n) is 12.1. The molecule has 0 N–H and O–H groups in total. The van der Waals surface area contributed by atoms with Crippen molar-refractivity contribution in [2.24, 2.45) is 0 Å². The zero-order valence-corrected chi connectivity index (χ0v) is 22.1. The van der Waals surface area contributed by atoms with Gasteiger partial charge in [-0.2, -0.15) is 0 Å². The van der Waals surface area contributed by atoms with Crippen molar-refractivity contribution in [2.75, 3.05) is 21.0 Å². The molecule has 0 bridgehead atoms. The van der Waals surface area contributed by atoms with Gasteiger partial charge in [-0.1, -0.05) is 30.3 Å². The van der Waals surface area contributed by atoms with Crippen LogP contribution in [0.15, 0.2) is 77.5 Å². The second-order valence-corrected chi connectivity index (χ2v) is 9.78. The standard InChI is InChI=1S/C30H30O8/c1-30(2,3)37-17-36-29(33)21-14-20(13-18-9-7-6-8-10-18)25-24(16-21)38-28(27(32)26(25)31)19-11-12-22(34-4)23(15-19)35-5/h6-10,12,14-16H,11,13,17H2,1-5H3. The molecule has 198 valence electrons. The van der Waals surface area contributed by atoms with E-state index in [-0.39, 0.29) is 29.4 Å². The van der Waals surface area contributed by atoms with Crippen molar-refractivity contribution >= 4 is 17.5 Å². The third kappa shape index (κ3) is 5.86. The highest BCUT2D eigenvalue weighted by molar-refractivity contribution is 6.50. The molecule has 1 aliphatic heterocycles. The van der Waals surface area contributed by atoms with Crippen LogP contribution >= 0.6 is 0 Å². The molecule has 4 rings (SSSR count). The number of rotatable bonds is 7. The summed E-state index contributed by atoms with van der Waals surface area (Å²) in [5.41, 5.74) is 1.67. The van der Waals surface area contributed by atoms with Gasteiger partial charge in [0.1, 0.15) is 5.75 Å². The second-order valence-electron chi connectivity index (χ2n) is 9.78. The van der Waals surface area contributed by atoms with E-state index in [0.717, 1.165) is 5.56 Å². The molecule has 8 nitrogen and oxygen atoms in total. The maximum absolute atomic E-state index is 13.4. The maximum atomic E-state index is 13.4. The molecular weight excluding hydrogens is 488 g/mol. The lowest BCUT2D eigenvalue weighted by Gasteiger charge is -2.24. The predicted octanol–water partition coefficient (Wildman–Crippen LogP) is 5.07. The second kappa shape index (κ2) is 11.1. The molecule has 2 aromatic rings. The number of carbonyl (C=O) groups excluding carboxylic acids is 3. The Bertz CT molecular complexity index is 1360. The summed E-state index contributed by atoms with van der Waals surface area (Å²) in [6.45, 7) is 5.31. The largest absolute Gasteiger partial charge is 0.493 e. The quantitative estimate of drug-likeness (QED) is 0.217. The number of methoxy groups -OCH3 is 2. The fraction of sp³-hybridized carbons (Fsp3) is 0.300. The number of allylic oxidation sites excluding steroid dienone is 4. The van der Waals surface area contributed by atoms with E-state index < -0.39 is 23.1 Å². The van der Waals surface area contributed by atoms with Crippen LogP contribution in [0.5, 0.6) is 5.75 Å². The lowest BCUT2D eigenvalue weighted by Crippen LogP contribution is -2.29. The topological polar surface area (TPSA) is 97.4 Å². The Kier molecular flexibility index (Phi) is 7.83. The summed E-state index contributed by atoms with van der Waals surface area (Å²) in [6.07, 6.45) is 3.95. The van der Waals surface area contributed by atoms with E-state index >= 15 is 0 Å². The van der Waals surface area contributed by atoms with Crippen LogP contribution < -0.4 is 4.74 Å². The first-order chi connectivity index (χ1) is 18.1. The molecule has 1 heterocycles. The van der Waals surface area contributed by atoms with Gasteiger partial charge in [-0.3, -0.25) is 9.59 Å². The molecule has 8 heteroatoms. The third-order valence-electron chi connectivity index (χ3n) is 5.98. The monoisotopic (exact) mass is 518 g/mol. The van der Waals surface area contributed by atoms with Gasteiger partial charge in [0.2, 0.25) is 5.78 Å². The van der Waals surface area contributed by atoms with Gasteiger partial charge >= 0.3 is 5.97 Å². The van der Waals surface area contributed by atoms with Crippen molar-refractivity contribution in [2.45, 2.75) is 39.2 Å². The van der Waals surface area contributed by atoms with Gasteiger partial charge in [-0.05, 0) is 69.0 Å². The van der Waals surface area contributed by atoms with E-state index in [9.17, 15) is 14.4 Å². The van der Waals surface area contributed by atoms with E-state index in [1.54, 1.807) is 18.2 Å². The molecule has 1 aliphatic carbocycles. The Labute approximate surface area is 221 Å². The summed E-state index contributed by atoms with van der Waals surface area (Å²) >= 11 is 0. The van der Waals surface area contributed by atoms with Gasteiger partial charge in [0.05, 0.1) is 30.9 Å². The van der Waals surface area contributed by atoms with Gasteiger partial charge in [0.25, 0.3) is 5.78 Å². The summed E-state index contributed by atoms with van der Waals surface area (Å²) in [5, 5.41) is 0. The number of ether oxygens (including phenoxy) is 5. The highest BCUT2D eigenvalue weighted by Gasteiger charge is 2.36. The highest BCUT2D eigenvalue weighted by atomic mass is 16.7. The average Bonchev–Trinajstić information content (AvgIpc) is 2.89. The summed E-state index contributed by atoms with van der Waals surface area (Å²) < 4.78 is 27.5. The Morgan fingerprint density at radius 1 is 0.974 bits per heavy atom. The first-order valence-corrected chi connectivity index (χ1v) is 12.1. The van der Waals surface area contributed by atoms with Crippen LogP contribution in [-0.4, -0.2) is 44.1 Å². The van der Waals surface area contributed by atoms with Gasteiger partial charge in [0.15, 0.2) is 24.1 Å². The minimum absolute atomic E-state index is 0.114. The number of hydrogen-bond acceptors (Lipinski definition) is 8. The SMILES string of the molecule is COC1=CCC(=C2Oc3cc(C(=O)OCOC(C)(C)C)cc(Cc4ccccc4)c3C(=O)C2=O)C=C1OC. The van der Waals surface area contributed by atoms with Crippen LogP contribution in [0.1, 0.15) is 59.0 Å². The maximum Gasteiger partial charge on any atom is 0.340 e. The molecule has 0 atom stereocenters. The molecule has 0 saturated carbocycles. The van der Waals surface area contributed by atoms with Crippen LogP contribution in [0, 0.1) is 0 Å². The van der Waals surface area contributed by atoms with Crippen molar-refractivity contribution in [1.29, 1.82) is 0 Å². The smallest absolute Gasteiger partial charge is 0.340 e. The zero-order valence-electron chi connectivity index (χ0n) is 22.1. The molecule has 0 amide bonds. The number of ketones is 2. The Balaban J connectivity index is 1.76. The number of hydrogen-bond donors (Lipinski definition) is 0. The van der Waals surface area contributed by atoms with Gasteiger partial charge in [-0.15, -0.1) is 0 Å². The number of carbonyl (C=O) groups is 3. The highest BCUT2D eigenvalue weighted by Crippen LogP contribution is 2.36. The fourth-order valence-corrected chi connectivity index (χ4v) is 4.11. The Morgan fingerprint density at radius 2 is 1.68 bits per heavy atom. The summed E-state index contributed by atoms with van der Waals surface area (Å²) in [4.78, 5) is 39.6. The summed E-state index contributed by atoms with van der Waals surface area (Å²) in [7, 11) is 2.99.